The predicted molar refractivity (Wildman–Crippen MR) is 90.4 cm³/mol. The summed E-state index contributed by atoms with van der Waals surface area (Å²) in [6.45, 7) is 0.952. The van der Waals surface area contributed by atoms with E-state index in [1.54, 1.807) is 12.1 Å². The van der Waals surface area contributed by atoms with Crippen molar-refractivity contribution in [3.63, 3.8) is 0 Å². The van der Waals surface area contributed by atoms with Crippen LogP contribution in [0.2, 0.25) is 0 Å². The van der Waals surface area contributed by atoms with Crippen molar-refractivity contribution in [2.75, 3.05) is 19.7 Å². The Labute approximate surface area is 145 Å². The summed E-state index contributed by atoms with van der Waals surface area (Å²) < 4.78 is 41.6. The third-order valence-corrected chi connectivity index (χ3v) is 4.38. The molecule has 1 heterocycles. The van der Waals surface area contributed by atoms with Crippen LogP contribution in [-0.2, 0) is 6.54 Å². The van der Waals surface area contributed by atoms with Crippen molar-refractivity contribution in [3.05, 3.63) is 65.7 Å². The molecule has 0 bridgehead atoms. The van der Waals surface area contributed by atoms with Crippen molar-refractivity contribution in [3.8, 4) is 5.75 Å². The first kappa shape index (κ1) is 17.8. The van der Waals surface area contributed by atoms with Gasteiger partial charge in [0.1, 0.15) is 5.75 Å². The Morgan fingerprint density at radius 1 is 1.04 bits per heavy atom. The van der Waals surface area contributed by atoms with Crippen LogP contribution in [0.15, 0.2) is 54.6 Å². The van der Waals surface area contributed by atoms with Gasteiger partial charge in [0, 0.05) is 31.6 Å². The molecule has 1 fully saturated rings. The number of benzene rings is 2. The molecule has 2 aromatic carbocycles. The molecular weight excluding hydrogens is 329 g/mol. The van der Waals surface area contributed by atoms with Crippen molar-refractivity contribution in [1.29, 1.82) is 0 Å². The Morgan fingerprint density at radius 3 is 2.52 bits per heavy atom. The monoisotopic (exact) mass is 350 g/mol. The van der Waals surface area contributed by atoms with E-state index >= 15 is 0 Å². The molecule has 0 unspecified atom stereocenters. The maximum atomic E-state index is 12.3. The van der Waals surface area contributed by atoms with Crippen molar-refractivity contribution >= 4 is 0 Å². The van der Waals surface area contributed by atoms with Gasteiger partial charge in [0.15, 0.2) is 6.61 Å². The summed E-state index contributed by atoms with van der Waals surface area (Å²) in [6.07, 6.45) is -4.33. The van der Waals surface area contributed by atoms with Gasteiger partial charge in [-0.05, 0) is 23.3 Å². The first-order valence-electron chi connectivity index (χ1n) is 8.22. The molecule has 0 aromatic heterocycles. The normalized spacial score (nSPS) is 21.4. The van der Waals surface area contributed by atoms with Crippen LogP contribution in [0.25, 0.3) is 0 Å². The van der Waals surface area contributed by atoms with Gasteiger partial charge < -0.3 is 10.5 Å². The van der Waals surface area contributed by atoms with Crippen LogP contribution in [0.3, 0.4) is 0 Å². The number of hydrogen-bond donors (Lipinski definition) is 1. The Kier molecular flexibility index (Phi) is 5.30. The van der Waals surface area contributed by atoms with E-state index in [0.717, 1.165) is 18.7 Å². The average molecular weight is 350 g/mol. The molecular formula is C19H21F3N2O. The maximum absolute atomic E-state index is 12.3. The van der Waals surface area contributed by atoms with Crippen molar-refractivity contribution in [2.24, 2.45) is 5.73 Å². The number of likely N-dealkylation sites (tertiary alicyclic amines) is 1. The first-order valence-corrected chi connectivity index (χ1v) is 8.22. The van der Waals surface area contributed by atoms with E-state index in [9.17, 15) is 13.2 Å². The molecule has 2 N–H and O–H groups in total. The Morgan fingerprint density at radius 2 is 1.80 bits per heavy atom. The summed E-state index contributed by atoms with van der Waals surface area (Å²) >= 11 is 0. The zero-order chi connectivity index (χ0) is 17.9. The summed E-state index contributed by atoms with van der Waals surface area (Å²) in [5.41, 5.74) is 8.43. The second kappa shape index (κ2) is 7.45. The third-order valence-electron chi connectivity index (χ3n) is 4.38. The van der Waals surface area contributed by atoms with Crippen LogP contribution in [0.1, 0.15) is 17.0 Å². The van der Waals surface area contributed by atoms with Gasteiger partial charge in [-0.1, -0.05) is 42.5 Å². The molecule has 0 aliphatic carbocycles. The van der Waals surface area contributed by atoms with Gasteiger partial charge in [-0.15, -0.1) is 0 Å². The lowest BCUT2D eigenvalue weighted by atomic mass is 9.95. The third kappa shape index (κ3) is 4.96. The molecule has 3 nitrogen and oxygen atoms in total. The van der Waals surface area contributed by atoms with E-state index < -0.39 is 12.8 Å². The molecule has 0 spiro atoms. The molecule has 25 heavy (non-hydrogen) atoms. The minimum absolute atomic E-state index is 0.0482. The molecule has 3 rings (SSSR count). The minimum Gasteiger partial charge on any atom is -0.484 e. The van der Waals surface area contributed by atoms with Gasteiger partial charge in [-0.25, -0.2) is 0 Å². The first-order chi connectivity index (χ1) is 11.9. The largest absolute Gasteiger partial charge is 0.484 e. The van der Waals surface area contributed by atoms with Crippen LogP contribution in [-0.4, -0.2) is 36.8 Å². The highest BCUT2D eigenvalue weighted by atomic mass is 19.4. The molecule has 2 aromatic rings. The zero-order valence-electron chi connectivity index (χ0n) is 13.7. The van der Waals surface area contributed by atoms with E-state index in [0.29, 0.717) is 6.54 Å². The fourth-order valence-electron chi connectivity index (χ4n) is 3.25. The second-order valence-corrected chi connectivity index (χ2v) is 6.43. The molecule has 0 saturated carbocycles. The van der Waals surface area contributed by atoms with Crippen LogP contribution >= 0.6 is 0 Å². The molecule has 2 atom stereocenters. The van der Waals surface area contributed by atoms with Gasteiger partial charge in [0.05, 0.1) is 0 Å². The lowest BCUT2D eigenvalue weighted by molar-refractivity contribution is -0.153. The Balaban J connectivity index is 1.61. The standard InChI is InChI=1S/C19H21F3N2O/c20-19(21,22)13-25-16-8-4-5-14(9-16)10-24-11-17(18(23)12-24)15-6-2-1-3-7-15/h1-9,17-18H,10-13,23H2/t17-,18+/m0/s1. The number of rotatable bonds is 5. The summed E-state index contributed by atoms with van der Waals surface area (Å²) in [4.78, 5) is 2.23. The number of ether oxygens (including phenoxy) is 1. The Hall–Kier alpha value is -2.05. The van der Waals surface area contributed by atoms with Gasteiger partial charge in [0.25, 0.3) is 0 Å². The summed E-state index contributed by atoms with van der Waals surface area (Å²) in [7, 11) is 0. The molecule has 1 saturated heterocycles. The van der Waals surface area contributed by atoms with E-state index in [2.05, 4.69) is 17.0 Å². The number of nitrogens with two attached hydrogens (primary N) is 1. The number of nitrogens with zero attached hydrogens (tertiary/aromatic N) is 1. The number of halogens is 3. The highest BCUT2D eigenvalue weighted by molar-refractivity contribution is 5.29. The topological polar surface area (TPSA) is 38.5 Å². The maximum Gasteiger partial charge on any atom is 0.422 e. The highest BCUT2D eigenvalue weighted by Crippen LogP contribution is 2.28. The molecule has 0 amide bonds. The second-order valence-electron chi connectivity index (χ2n) is 6.43. The van der Waals surface area contributed by atoms with Crippen molar-refractivity contribution in [1.82, 2.24) is 4.90 Å². The smallest absolute Gasteiger partial charge is 0.422 e. The molecule has 1 aliphatic rings. The Bertz CT molecular complexity index is 691. The molecule has 0 radical (unpaired) electrons. The van der Waals surface area contributed by atoms with E-state index in [1.807, 2.05) is 24.3 Å². The van der Waals surface area contributed by atoms with E-state index in [4.69, 9.17) is 10.5 Å². The average Bonchev–Trinajstić information content (AvgIpc) is 2.94. The van der Waals surface area contributed by atoms with E-state index in [1.165, 1.54) is 11.6 Å². The fourth-order valence-corrected chi connectivity index (χ4v) is 3.25. The highest BCUT2D eigenvalue weighted by Gasteiger charge is 2.31. The predicted octanol–water partition coefficient (Wildman–Crippen LogP) is 3.55. The summed E-state index contributed by atoms with van der Waals surface area (Å²) in [5, 5.41) is 0. The number of alkyl halides is 3. The van der Waals surface area contributed by atoms with Crippen LogP contribution < -0.4 is 10.5 Å². The lowest BCUT2D eigenvalue weighted by Crippen LogP contribution is -2.28. The fraction of sp³-hybridized carbons (Fsp3) is 0.368. The van der Waals surface area contributed by atoms with Crippen molar-refractivity contribution < 1.29 is 17.9 Å². The number of hydrogen-bond acceptors (Lipinski definition) is 3. The zero-order valence-corrected chi connectivity index (χ0v) is 13.7. The van der Waals surface area contributed by atoms with Gasteiger partial charge in [-0.3, -0.25) is 4.90 Å². The minimum atomic E-state index is -4.33. The molecule has 6 heteroatoms. The van der Waals surface area contributed by atoms with Crippen LogP contribution in [0.4, 0.5) is 13.2 Å². The SMILES string of the molecule is N[C@@H]1CN(Cc2cccc(OCC(F)(F)F)c2)C[C@H]1c1ccccc1. The molecule has 1 aliphatic heterocycles. The van der Waals surface area contributed by atoms with Crippen molar-refractivity contribution in [2.45, 2.75) is 24.7 Å². The van der Waals surface area contributed by atoms with Gasteiger partial charge in [-0.2, -0.15) is 13.2 Å². The lowest BCUT2D eigenvalue weighted by Gasteiger charge is -2.17. The molecule has 134 valence electrons. The summed E-state index contributed by atoms with van der Waals surface area (Å²) in [6, 6.07) is 17.0. The van der Waals surface area contributed by atoms with Gasteiger partial charge in [0.2, 0.25) is 0 Å². The summed E-state index contributed by atoms with van der Waals surface area (Å²) in [5.74, 6) is 0.504. The van der Waals surface area contributed by atoms with Gasteiger partial charge >= 0.3 is 6.18 Å². The van der Waals surface area contributed by atoms with Crippen LogP contribution in [0, 0.1) is 0 Å². The van der Waals surface area contributed by atoms with E-state index in [-0.39, 0.29) is 17.7 Å². The van der Waals surface area contributed by atoms with Crippen LogP contribution in [0.5, 0.6) is 5.75 Å². The quantitative estimate of drug-likeness (QED) is 0.896.